The van der Waals surface area contributed by atoms with Crippen LogP contribution in [0.25, 0.3) is 0 Å². The topological polar surface area (TPSA) is 12.0 Å². The van der Waals surface area contributed by atoms with Crippen molar-refractivity contribution >= 4 is 12.4 Å². The highest BCUT2D eigenvalue weighted by atomic mass is 35.5. The molecule has 11 heavy (non-hydrogen) atoms. The van der Waals surface area contributed by atoms with Crippen molar-refractivity contribution in [2.24, 2.45) is 5.41 Å². The molecule has 1 aliphatic heterocycles. The predicted octanol–water partition coefficient (Wildman–Crippen LogP) is 1.82. The molecule has 1 saturated heterocycles. The van der Waals surface area contributed by atoms with E-state index in [1.54, 1.807) is 0 Å². The summed E-state index contributed by atoms with van der Waals surface area (Å²) in [6, 6.07) is 0. The van der Waals surface area contributed by atoms with Crippen LogP contribution in [-0.2, 0) is 0 Å². The Balaban J connectivity index is 0.000000605. The zero-order valence-electron chi connectivity index (χ0n) is 6.20. The first-order chi connectivity index (χ1) is 4.66. The molecule has 0 atom stereocenters. The summed E-state index contributed by atoms with van der Waals surface area (Å²) in [7, 11) is 0. The molecule has 0 unspecified atom stereocenters. The third kappa shape index (κ3) is 1.05. The number of rotatable bonds is 0. The van der Waals surface area contributed by atoms with Crippen LogP contribution in [0.4, 0.5) is 8.78 Å². The average molecular weight is 184 g/mol. The fraction of sp³-hybridized carbons (Fsp3) is 1.00. The minimum Gasteiger partial charge on any atom is -0.315 e. The Kier molecular flexibility index (Phi) is 2.14. The van der Waals surface area contributed by atoms with E-state index in [1.807, 2.05) is 0 Å². The summed E-state index contributed by atoms with van der Waals surface area (Å²) in [4.78, 5) is 0. The second kappa shape index (κ2) is 2.56. The molecule has 0 aromatic heterocycles. The fourth-order valence-corrected chi connectivity index (χ4v) is 1.96. The van der Waals surface area contributed by atoms with Crippen LogP contribution < -0.4 is 5.32 Å². The number of alkyl halides is 2. The van der Waals surface area contributed by atoms with Crippen LogP contribution in [0.3, 0.4) is 0 Å². The van der Waals surface area contributed by atoms with E-state index in [-0.39, 0.29) is 18.8 Å². The van der Waals surface area contributed by atoms with Crippen molar-refractivity contribution in [1.82, 2.24) is 5.32 Å². The molecule has 0 amide bonds. The van der Waals surface area contributed by atoms with Gasteiger partial charge in [0, 0.05) is 19.5 Å². The maximum absolute atomic E-state index is 13.0. The lowest BCUT2D eigenvalue weighted by Gasteiger charge is -2.43. The molecule has 1 N–H and O–H groups in total. The van der Waals surface area contributed by atoms with Crippen molar-refractivity contribution in [3.05, 3.63) is 0 Å². The van der Waals surface area contributed by atoms with Crippen LogP contribution in [0, 0.1) is 5.41 Å². The number of nitrogens with one attached hydrogen (secondary N) is 1. The SMILES string of the molecule is Cl.FC1(F)CCCC12CNC2. The summed E-state index contributed by atoms with van der Waals surface area (Å²) in [6.07, 6.45) is 1.52. The molecule has 2 aliphatic rings. The Bertz CT molecular complexity index is 157. The van der Waals surface area contributed by atoms with E-state index in [2.05, 4.69) is 5.32 Å². The summed E-state index contributed by atoms with van der Waals surface area (Å²) >= 11 is 0. The van der Waals surface area contributed by atoms with E-state index in [0.29, 0.717) is 25.9 Å². The molecule has 1 heterocycles. The molecule has 0 bridgehead atoms. The summed E-state index contributed by atoms with van der Waals surface area (Å²) in [6.45, 7) is 1.06. The summed E-state index contributed by atoms with van der Waals surface area (Å²) in [5, 5.41) is 2.92. The lowest BCUT2D eigenvalue weighted by molar-refractivity contribution is -0.122. The molecule has 0 aromatic carbocycles. The lowest BCUT2D eigenvalue weighted by atomic mass is 9.78. The van der Waals surface area contributed by atoms with Crippen LogP contribution in [0.15, 0.2) is 0 Å². The third-order valence-corrected chi connectivity index (χ3v) is 2.85. The minimum absolute atomic E-state index is 0. The Labute approximate surface area is 71.0 Å². The van der Waals surface area contributed by atoms with Gasteiger partial charge in [-0.1, -0.05) is 0 Å². The molecule has 1 saturated carbocycles. The normalized spacial score (nSPS) is 31.1. The quantitative estimate of drug-likeness (QED) is 0.604. The average Bonchev–Trinajstić information content (AvgIpc) is 2.02. The maximum Gasteiger partial charge on any atom is 0.256 e. The second-order valence-electron chi connectivity index (χ2n) is 3.44. The van der Waals surface area contributed by atoms with Gasteiger partial charge in [-0.3, -0.25) is 0 Å². The first kappa shape index (κ1) is 9.20. The number of hydrogen-bond acceptors (Lipinski definition) is 1. The molecule has 1 nitrogen and oxygen atoms in total. The highest BCUT2D eigenvalue weighted by molar-refractivity contribution is 5.85. The minimum atomic E-state index is -2.38. The van der Waals surface area contributed by atoms with Crippen LogP contribution in [0.5, 0.6) is 0 Å². The summed E-state index contributed by atoms with van der Waals surface area (Å²) in [5.41, 5.74) is -0.632. The molecule has 4 heteroatoms. The van der Waals surface area contributed by atoms with Gasteiger partial charge < -0.3 is 5.32 Å². The monoisotopic (exact) mass is 183 g/mol. The first-order valence-electron chi connectivity index (χ1n) is 3.75. The predicted molar refractivity (Wildman–Crippen MR) is 41.3 cm³/mol. The van der Waals surface area contributed by atoms with Crippen molar-refractivity contribution in [2.45, 2.75) is 25.2 Å². The molecule has 2 fully saturated rings. The van der Waals surface area contributed by atoms with Crippen molar-refractivity contribution in [2.75, 3.05) is 13.1 Å². The van der Waals surface area contributed by atoms with Crippen LogP contribution in [0.1, 0.15) is 19.3 Å². The molecular formula is C7H12ClF2N. The Morgan fingerprint density at radius 1 is 1.09 bits per heavy atom. The van der Waals surface area contributed by atoms with Crippen molar-refractivity contribution in [3.63, 3.8) is 0 Å². The Morgan fingerprint density at radius 2 is 1.73 bits per heavy atom. The highest BCUT2D eigenvalue weighted by Crippen LogP contribution is 2.52. The fourth-order valence-electron chi connectivity index (χ4n) is 1.96. The maximum atomic E-state index is 13.0. The van der Waals surface area contributed by atoms with Gasteiger partial charge in [-0.15, -0.1) is 12.4 Å². The Morgan fingerprint density at radius 3 is 1.91 bits per heavy atom. The van der Waals surface area contributed by atoms with E-state index in [4.69, 9.17) is 0 Å². The van der Waals surface area contributed by atoms with Gasteiger partial charge in [0.05, 0.1) is 5.41 Å². The van der Waals surface area contributed by atoms with Crippen LogP contribution in [-0.4, -0.2) is 19.0 Å². The van der Waals surface area contributed by atoms with Crippen LogP contribution in [0.2, 0.25) is 0 Å². The van der Waals surface area contributed by atoms with Gasteiger partial charge in [-0.05, 0) is 12.8 Å². The van der Waals surface area contributed by atoms with E-state index >= 15 is 0 Å². The molecule has 1 spiro atoms. The Hall–Kier alpha value is 0.110. The van der Waals surface area contributed by atoms with Gasteiger partial charge in [0.2, 0.25) is 0 Å². The van der Waals surface area contributed by atoms with E-state index in [9.17, 15) is 8.78 Å². The van der Waals surface area contributed by atoms with Crippen molar-refractivity contribution in [1.29, 1.82) is 0 Å². The lowest BCUT2D eigenvalue weighted by Crippen LogP contribution is -2.60. The van der Waals surface area contributed by atoms with Gasteiger partial charge >= 0.3 is 0 Å². The highest BCUT2D eigenvalue weighted by Gasteiger charge is 2.59. The van der Waals surface area contributed by atoms with Gasteiger partial charge in [-0.25, -0.2) is 8.78 Å². The zero-order valence-corrected chi connectivity index (χ0v) is 7.02. The van der Waals surface area contributed by atoms with E-state index in [0.717, 1.165) is 0 Å². The largest absolute Gasteiger partial charge is 0.315 e. The van der Waals surface area contributed by atoms with Crippen molar-refractivity contribution < 1.29 is 8.78 Å². The third-order valence-electron chi connectivity index (χ3n) is 2.85. The second-order valence-corrected chi connectivity index (χ2v) is 3.44. The molecule has 2 rings (SSSR count). The zero-order chi connectivity index (χ0) is 7.24. The molecule has 0 radical (unpaired) electrons. The number of hydrogen-bond donors (Lipinski definition) is 1. The molecule has 1 aliphatic carbocycles. The van der Waals surface area contributed by atoms with Crippen LogP contribution >= 0.6 is 12.4 Å². The van der Waals surface area contributed by atoms with E-state index in [1.165, 1.54) is 0 Å². The molecule has 66 valence electrons. The molecule has 0 aromatic rings. The van der Waals surface area contributed by atoms with Crippen molar-refractivity contribution in [3.8, 4) is 0 Å². The smallest absolute Gasteiger partial charge is 0.256 e. The van der Waals surface area contributed by atoms with Gasteiger partial charge in [0.1, 0.15) is 0 Å². The van der Waals surface area contributed by atoms with Gasteiger partial charge in [0.25, 0.3) is 5.92 Å². The molecular weight excluding hydrogens is 172 g/mol. The number of halogens is 3. The van der Waals surface area contributed by atoms with Gasteiger partial charge in [-0.2, -0.15) is 0 Å². The van der Waals surface area contributed by atoms with E-state index < -0.39 is 11.3 Å². The standard InChI is InChI=1S/C7H11F2N.ClH/c8-7(9)3-1-2-6(7)4-10-5-6;/h10H,1-5H2;1H. The van der Waals surface area contributed by atoms with Gasteiger partial charge in [0.15, 0.2) is 0 Å². The summed E-state index contributed by atoms with van der Waals surface area (Å²) in [5.74, 6) is -2.38. The summed E-state index contributed by atoms with van der Waals surface area (Å²) < 4.78 is 26.0. The first-order valence-corrected chi connectivity index (χ1v) is 3.75.